The molecule has 1 heterocycles. The summed E-state index contributed by atoms with van der Waals surface area (Å²) in [5, 5.41) is 0. The number of hydrogen-bond acceptors (Lipinski definition) is 3. The summed E-state index contributed by atoms with van der Waals surface area (Å²) >= 11 is 0. The fraction of sp³-hybridized carbons (Fsp3) is 0.500. The largest absolute Gasteiger partial charge is 0.383 e. The van der Waals surface area contributed by atoms with Crippen LogP contribution in [-0.2, 0) is 0 Å². The van der Waals surface area contributed by atoms with Gasteiger partial charge in [-0.05, 0) is 19.8 Å². The van der Waals surface area contributed by atoms with Crippen molar-refractivity contribution in [1.82, 2.24) is 9.55 Å². The monoisotopic (exact) mass is 165 g/mol. The van der Waals surface area contributed by atoms with Gasteiger partial charge in [0.15, 0.2) is 0 Å². The summed E-state index contributed by atoms with van der Waals surface area (Å²) in [5.41, 5.74) is 6.14. The highest BCUT2D eigenvalue weighted by Crippen LogP contribution is 2.33. The summed E-state index contributed by atoms with van der Waals surface area (Å²) in [6.45, 7) is 1.86. The lowest BCUT2D eigenvalue weighted by molar-refractivity contribution is 0.678. The van der Waals surface area contributed by atoms with Crippen LogP contribution in [0, 0.1) is 6.92 Å². The number of aryl methyl sites for hydroxylation is 1. The fourth-order valence-corrected chi connectivity index (χ4v) is 1.19. The molecule has 1 aliphatic carbocycles. The number of hydrogen-bond donors (Lipinski definition) is 1. The van der Waals surface area contributed by atoms with E-state index in [1.165, 1.54) is 0 Å². The van der Waals surface area contributed by atoms with Gasteiger partial charge in [-0.15, -0.1) is 0 Å². The highest BCUT2D eigenvalue weighted by Gasteiger charge is 2.24. The van der Waals surface area contributed by atoms with Crippen LogP contribution in [0.3, 0.4) is 0 Å². The third kappa shape index (κ3) is 1.09. The Bertz CT molecular complexity index is 365. The van der Waals surface area contributed by atoms with Crippen molar-refractivity contribution in [2.75, 3.05) is 5.73 Å². The highest BCUT2D eigenvalue weighted by atomic mass is 16.1. The second-order valence-corrected chi connectivity index (χ2v) is 3.23. The SMILES string of the molecule is Cc1cn(C2CC2)c(=O)nc1N. The highest BCUT2D eigenvalue weighted by molar-refractivity contribution is 5.35. The Kier molecular flexibility index (Phi) is 1.43. The predicted molar refractivity (Wildman–Crippen MR) is 45.9 cm³/mol. The average Bonchev–Trinajstić information content (AvgIpc) is 2.79. The molecule has 0 aromatic carbocycles. The van der Waals surface area contributed by atoms with E-state index >= 15 is 0 Å². The summed E-state index contributed by atoms with van der Waals surface area (Å²) in [6, 6.07) is 0.379. The van der Waals surface area contributed by atoms with E-state index in [2.05, 4.69) is 4.98 Å². The number of nitrogen functional groups attached to an aromatic ring is 1. The van der Waals surface area contributed by atoms with Crippen LogP contribution in [0.1, 0.15) is 24.4 Å². The van der Waals surface area contributed by atoms with Crippen molar-refractivity contribution in [3.05, 3.63) is 22.2 Å². The standard InChI is InChI=1S/C8H11N3O/c1-5-4-11(6-2-3-6)8(12)10-7(5)9/h4,6H,2-3H2,1H3,(H2,9,10,12). The molecule has 0 saturated heterocycles. The molecule has 0 bridgehead atoms. The van der Waals surface area contributed by atoms with Crippen molar-refractivity contribution in [1.29, 1.82) is 0 Å². The molecular weight excluding hydrogens is 154 g/mol. The predicted octanol–water partition coefficient (Wildman–Crippen LogP) is 0.469. The number of rotatable bonds is 1. The van der Waals surface area contributed by atoms with E-state index in [1.54, 1.807) is 10.8 Å². The van der Waals surface area contributed by atoms with E-state index in [0.717, 1.165) is 18.4 Å². The summed E-state index contributed by atoms with van der Waals surface area (Å²) < 4.78 is 1.67. The van der Waals surface area contributed by atoms with Gasteiger partial charge in [0.1, 0.15) is 5.82 Å². The van der Waals surface area contributed by atoms with E-state index in [1.807, 2.05) is 6.92 Å². The molecule has 0 aliphatic heterocycles. The van der Waals surface area contributed by atoms with Crippen LogP contribution >= 0.6 is 0 Å². The summed E-state index contributed by atoms with van der Waals surface area (Å²) in [6.07, 6.45) is 3.97. The van der Waals surface area contributed by atoms with Gasteiger partial charge in [-0.2, -0.15) is 4.98 Å². The van der Waals surface area contributed by atoms with Crippen LogP contribution < -0.4 is 11.4 Å². The molecule has 1 saturated carbocycles. The van der Waals surface area contributed by atoms with Crippen molar-refractivity contribution < 1.29 is 0 Å². The molecule has 4 heteroatoms. The lowest BCUT2D eigenvalue weighted by Crippen LogP contribution is -2.23. The van der Waals surface area contributed by atoms with Crippen molar-refractivity contribution in [2.24, 2.45) is 0 Å². The van der Waals surface area contributed by atoms with Gasteiger partial charge in [0.25, 0.3) is 0 Å². The molecule has 1 aromatic rings. The average molecular weight is 165 g/mol. The molecule has 0 radical (unpaired) electrons. The maximum Gasteiger partial charge on any atom is 0.349 e. The first-order valence-electron chi connectivity index (χ1n) is 4.04. The van der Waals surface area contributed by atoms with Crippen LogP contribution in [0.2, 0.25) is 0 Å². The van der Waals surface area contributed by atoms with Gasteiger partial charge >= 0.3 is 5.69 Å². The minimum Gasteiger partial charge on any atom is -0.383 e. The molecule has 1 fully saturated rings. The van der Waals surface area contributed by atoms with Crippen LogP contribution in [0.25, 0.3) is 0 Å². The molecule has 12 heavy (non-hydrogen) atoms. The first-order chi connectivity index (χ1) is 5.68. The Labute approximate surface area is 70.0 Å². The topological polar surface area (TPSA) is 60.9 Å². The van der Waals surface area contributed by atoms with Crippen LogP contribution in [-0.4, -0.2) is 9.55 Å². The van der Waals surface area contributed by atoms with Crippen LogP contribution in [0.5, 0.6) is 0 Å². The maximum atomic E-state index is 11.2. The Morgan fingerprint density at radius 2 is 2.33 bits per heavy atom. The third-order valence-electron chi connectivity index (χ3n) is 2.11. The van der Waals surface area contributed by atoms with Crippen LogP contribution in [0.4, 0.5) is 5.82 Å². The van der Waals surface area contributed by atoms with Gasteiger partial charge in [0, 0.05) is 17.8 Å². The summed E-state index contributed by atoms with van der Waals surface area (Å²) in [5.74, 6) is 0.344. The first-order valence-corrected chi connectivity index (χ1v) is 4.04. The van der Waals surface area contributed by atoms with Gasteiger partial charge in [0.2, 0.25) is 0 Å². The fourth-order valence-electron chi connectivity index (χ4n) is 1.19. The Hall–Kier alpha value is -1.32. The summed E-state index contributed by atoms with van der Waals surface area (Å²) in [4.78, 5) is 15.0. The molecule has 1 aliphatic rings. The molecule has 1 aromatic heterocycles. The maximum absolute atomic E-state index is 11.2. The third-order valence-corrected chi connectivity index (χ3v) is 2.11. The summed E-state index contributed by atoms with van der Waals surface area (Å²) in [7, 11) is 0. The normalized spacial score (nSPS) is 16.4. The second kappa shape index (κ2) is 2.33. The van der Waals surface area contributed by atoms with E-state index in [-0.39, 0.29) is 5.69 Å². The Balaban J connectivity index is 2.55. The van der Waals surface area contributed by atoms with Gasteiger partial charge in [0.05, 0.1) is 0 Å². The molecular formula is C8H11N3O. The Morgan fingerprint density at radius 1 is 1.67 bits per heavy atom. The van der Waals surface area contributed by atoms with E-state index in [0.29, 0.717) is 11.9 Å². The van der Waals surface area contributed by atoms with Gasteiger partial charge < -0.3 is 5.73 Å². The van der Waals surface area contributed by atoms with Crippen molar-refractivity contribution in [3.8, 4) is 0 Å². The van der Waals surface area contributed by atoms with Crippen LogP contribution in [0.15, 0.2) is 11.0 Å². The molecule has 4 nitrogen and oxygen atoms in total. The number of nitrogens with two attached hydrogens (primary N) is 1. The first kappa shape index (κ1) is 7.34. The smallest absolute Gasteiger partial charge is 0.349 e. The van der Waals surface area contributed by atoms with Crippen molar-refractivity contribution >= 4 is 5.82 Å². The van der Waals surface area contributed by atoms with Gasteiger partial charge in [-0.25, -0.2) is 4.79 Å². The zero-order valence-electron chi connectivity index (χ0n) is 6.95. The minimum atomic E-state index is -0.222. The molecule has 64 valence electrons. The number of anilines is 1. The molecule has 0 spiro atoms. The number of aromatic nitrogens is 2. The van der Waals surface area contributed by atoms with Crippen molar-refractivity contribution in [3.63, 3.8) is 0 Å². The van der Waals surface area contributed by atoms with Gasteiger partial charge in [-0.1, -0.05) is 0 Å². The quantitative estimate of drug-likeness (QED) is 0.658. The molecule has 0 unspecified atom stereocenters. The molecule has 0 atom stereocenters. The number of nitrogens with zero attached hydrogens (tertiary/aromatic N) is 2. The van der Waals surface area contributed by atoms with Crippen molar-refractivity contribution in [2.45, 2.75) is 25.8 Å². The molecule has 2 rings (SSSR count). The molecule has 2 N–H and O–H groups in total. The Morgan fingerprint density at radius 3 is 2.92 bits per heavy atom. The van der Waals surface area contributed by atoms with E-state index in [4.69, 9.17) is 5.73 Å². The zero-order valence-corrected chi connectivity index (χ0v) is 6.95. The van der Waals surface area contributed by atoms with E-state index < -0.39 is 0 Å². The molecule has 0 amide bonds. The minimum absolute atomic E-state index is 0.222. The second-order valence-electron chi connectivity index (χ2n) is 3.23. The zero-order chi connectivity index (χ0) is 8.72. The lowest BCUT2D eigenvalue weighted by atomic mass is 10.3. The van der Waals surface area contributed by atoms with E-state index in [9.17, 15) is 4.79 Å². The lowest BCUT2D eigenvalue weighted by Gasteiger charge is -2.04. The van der Waals surface area contributed by atoms with Gasteiger partial charge in [-0.3, -0.25) is 4.57 Å².